The molecule has 0 N–H and O–H groups in total. The number of halogens is 1. The number of aromatic nitrogens is 3. The fourth-order valence-electron chi connectivity index (χ4n) is 0.853. The molecule has 1 heterocycles. The third kappa shape index (κ3) is 1.32. The van der Waals surface area contributed by atoms with Crippen LogP contribution in [0, 0.1) is 13.8 Å². The zero-order valence-corrected chi connectivity index (χ0v) is 6.13. The fraction of sp³-hybridized carbons (Fsp3) is 0.667. The normalized spacial score (nSPS) is 10.3. The second kappa shape index (κ2) is 2.77. The number of aryl methyl sites for hydroxylation is 3. The summed E-state index contributed by atoms with van der Waals surface area (Å²) in [6, 6.07) is 0. The Labute approximate surface area is 58.9 Å². The monoisotopic (exact) mass is 143 g/mol. The molecule has 56 valence electrons. The first-order valence-corrected chi connectivity index (χ1v) is 3.18. The van der Waals surface area contributed by atoms with Crippen LogP contribution in [0.15, 0.2) is 0 Å². The molecule has 0 amide bonds. The van der Waals surface area contributed by atoms with E-state index in [0.29, 0.717) is 12.4 Å². The lowest BCUT2D eigenvalue weighted by Gasteiger charge is -1.95. The van der Waals surface area contributed by atoms with Crippen LogP contribution in [-0.2, 0) is 6.54 Å². The summed E-state index contributed by atoms with van der Waals surface area (Å²) >= 11 is 0. The van der Waals surface area contributed by atoms with Crippen LogP contribution >= 0.6 is 0 Å². The molecular formula is C6H10FN3. The highest BCUT2D eigenvalue weighted by molar-refractivity contribution is 4.87. The Bertz CT molecular complexity index is 219. The average molecular weight is 143 g/mol. The number of nitrogens with zero attached hydrogens (tertiary/aromatic N) is 3. The van der Waals surface area contributed by atoms with Crippen molar-refractivity contribution in [1.29, 1.82) is 0 Å². The Hall–Kier alpha value is -0.930. The Kier molecular flexibility index (Phi) is 1.99. The van der Waals surface area contributed by atoms with Gasteiger partial charge >= 0.3 is 0 Å². The van der Waals surface area contributed by atoms with Gasteiger partial charge in [-0.25, -0.2) is 14.1 Å². The zero-order valence-electron chi connectivity index (χ0n) is 6.13. The molecule has 0 aliphatic carbocycles. The Morgan fingerprint density at radius 2 is 2.20 bits per heavy atom. The average Bonchev–Trinajstić information content (AvgIpc) is 2.13. The first-order chi connectivity index (χ1) is 4.74. The molecule has 0 unspecified atom stereocenters. The summed E-state index contributed by atoms with van der Waals surface area (Å²) in [5.74, 6) is 1.47. The minimum atomic E-state index is -0.385. The fourth-order valence-corrected chi connectivity index (χ4v) is 0.853. The van der Waals surface area contributed by atoms with Gasteiger partial charge in [-0.1, -0.05) is 0 Å². The van der Waals surface area contributed by atoms with Gasteiger partial charge in [0, 0.05) is 0 Å². The van der Waals surface area contributed by atoms with E-state index in [1.165, 1.54) is 0 Å². The van der Waals surface area contributed by atoms with Gasteiger partial charge in [0.25, 0.3) is 0 Å². The molecule has 10 heavy (non-hydrogen) atoms. The number of hydrogen-bond donors (Lipinski definition) is 0. The maximum absolute atomic E-state index is 11.8. The molecule has 0 spiro atoms. The van der Waals surface area contributed by atoms with Crippen molar-refractivity contribution < 1.29 is 4.39 Å². The lowest BCUT2D eigenvalue weighted by atomic mass is 10.6. The molecule has 0 bridgehead atoms. The van der Waals surface area contributed by atoms with Crippen molar-refractivity contribution in [3.8, 4) is 0 Å². The van der Waals surface area contributed by atoms with E-state index in [1.807, 2.05) is 6.92 Å². The number of alkyl halides is 1. The van der Waals surface area contributed by atoms with Crippen molar-refractivity contribution in [3.05, 3.63) is 11.6 Å². The van der Waals surface area contributed by atoms with Crippen LogP contribution in [0.4, 0.5) is 4.39 Å². The van der Waals surface area contributed by atoms with Crippen molar-refractivity contribution >= 4 is 0 Å². The molecule has 0 saturated carbocycles. The second-order valence-electron chi connectivity index (χ2n) is 2.12. The first-order valence-electron chi connectivity index (χ1n) is 3.18. The van der Waals surface area contributed by atoms with Crippen molar-refractivity contribution in [2.24, 2.45) is 0 Å². The Morgan fingerprint density at radius 3 is 2.60 bits per heavy atom. The van der Waals surface area contributed by atoms with E-state index in [-0.39, 0.29) is 6.67 Å². The zero-order chi connectivity index (χ0) is 7.56. The summed E-state index contributed by atoms with van der Waals surface area (Å²) in [6.45, 7) is 3.54. The van der Waals surface area contributed by atoms with Crippen molar-refractivity contribution in [2.45, 2.75) is 20.4 Å². The van der Waals surface area contributed by atoms with Crippen LogP contribution in [0.2, 0.25) is 0 Å². The summed E-state index contributed by atoms with van der Waals surface area (Å²) in [4.78, 5) is 4.01. The molecule has 1 rings (SSSR count). The molecular weight excluding hydrogens is 133 g/mol. The number of hydrogen-bond acceptors (Lipinski definition) is 2. The predicted molar refractivity (Wildman–Crippen MR) is 35.5 cm³/mol. The van der Waals surface area contributed by atoms with E-state index in [0.717, 1.165) is 5.82 Å². The van der Waals surface area contributed by atoms with E-state index >= 15 is 0 Å². The molecule has 1 aromatic rings. The van der Waals surface area contributed by atoms with E-state index in [9.17, 15) is 4.39 Å². The molecule has 0 atom stereocenters. The van der Waals surface area contributed by atoms with Gasteiger partial charge in [-0.2, -0.15) is 5.10 Å². The quantitative estimate of drug-likeness (QED) is 0.614. The van der Waals surface area contributed by atoms with Gasteiger partial charge < -0.3 is 0 Å². The van der Waals surface area contributed by atoms with Crippen LogP contribution in [0.5, 0.6) is 0 Å². The van der Waals surface area contributed by atoms with E-state index in [1.54, 1.807) is 11.6 Å². The number of rotatable bonds is 2. The van der Waals surface area contributed by atoms with Gasteiger partial charge in [-0.05, 0) is 13.8 Å². The highest BCUT2D eigenvalue weighted by Gasteiger charge is 1.99. The molecule has 3 nitrogen and oxygen atoms in total. The standard InChI is InChI=1S/C6H10FN3/c1-5-8-6(2)10(9-5)4-3-7/h3-4H2,1-2H3. The molecule has 0 radical (unpaired) electrons. The Morgan fingerprint density at radius 1 is 1.50 bits per heavy atom. The molecule has 0 aromatic carbocycles. The van der Waals surface area contributed by atoms with Gasteiger partial charge in [0.05, 0.1) is 6.54 Å². The van der Waals surface area contributed by atoms with E-state index < -0.39 is 0 Å². The van der Waals surface area contributed by atoms with Crippen molar-refractivity contribution in [1.82, 2.24) is 14.8 Å². The van der Waals surface area contributed by atoms with E-state index in [4.69, 9.17) is 0 Å². The maximum atomic E-state index is 11.8. The summed E-state index contributed by atoms with van der Waals surface area (Å²) in [7, 11) is 0. The van der Waals surface area contributed by atoms with Crippen molar-refractivity contribution in [3.63, 3.8) is 0 Å². The molecule has 0 saturated heterocycles. The van der Waals surface area contributed by atoms with Gasteiger partial charge in [0.1, 0.15) is 18.3 Å². The molecule has 0 aliphatic heterocycles. The van der Waals surface area contributed by atoms with Crippen LogP contribution in [0.1, 0.15) is 11.6 Å². The molecule has 4 heteroatoms. The summed E-state index contributed by atoms with van der Waals surface area (Å²) in [5.41, 5.74) is 0. The van der Waals surface area contributed by atoms with Gasteiger partial charge in [-0.3, -0.25) is 0 Å². The van der Waals surface area contributed by atoms with Crippen LogP contribution in [0.3, 0.4) is 0 Å². The van der Waals surface area contributed by atoms with Crippen LogP contribution in [-0.4, -0.2) is 21.4 Å². The van der Waals surface area contributed by atoms with E-state index in [2.05, 4.69) is 10.1 Å². The third-order valence-corrected chi connectivity index (χ3v) is 1.26. The highest BCUT2D eigenvalue weighted by Crippen LogP contribution is 1.94. The second-order valence-corrected chi connectivity index (χ2v) is 2.12. The highest BCUT2D eigenvalue weighted by atomic mass is 19.1. The summed E-state index contributed by atoms with van der Waals surface area (Å²) in [5, 5.41) is 3.97. The van der Waals surface area contributed by atoms with Crippen molar-refractivity contribution in [2.75, 3.05) is 6.67 Å². The maximum Gasteiger partial charge on any atom is 0.147 e. The first kappa shape index (κ1) is 7.18. The lowest BCUT2D eigenvalue weighted by Crippen LogP contribution is -2.03. The minimum Gasteiger partial charge on any atom is -0.249 e. The summed E-state index contributed by atoms with van der Waals surface area (Å²) < 4.78 is 13.3. The topological polar surface area (TPSA) is 30.7 Å². The van der Waals surface area contributed by atoms with Gasteiger partial charge in [0.2, 0.25) is 0 Å². The SMILES string of the molecule is Cc1nc(C)n(CCF)n1. The Balaban J connectivity index is 2.81. The molecule has 0 aliphatic rings. The molecule has 0 fully saturated rings. The van der Waals surface area contributed by atoms with Crippen LogP contribution < -0.4 is 0 Å². The van der Waals surface area contributed by atoms with Crippen LogP contribution in [0.25, 0.3) is 0 Å². The van der Waals surface area contributed by atoms with Gasteiger partial charge in [-0.15, -0.1) is 0 Å². The van der Waals surface area contributed by atoms with Gasteiger partial charge in [0.15, 0.2) is 0 Å². The lowest BCUT2D eigenvalue weighted by molar-refractivity contribution is 0.421. The summed E-state index contributed by atoms with van der Waals surface area (Å²) in [6.07, 6.45) is 0. The third-order valence-electron chi connectivity index (χ3n) is 1.26. The minimum absolute atomic E-state index is 0.312. The predicted octanol–water partition coefficient (Wildman–Crippen LogP) is 0.864. The molecule has 1 aromatic heterocycles. The smallest absolute Gasteiger partial charge is 0.147 e. The largest absolute Gasteiger partial charge is 0.249 e.